The lowest BCUT2D eigenvalue weighted by Gasteiger charge is -2.03. The molecule has 1 radical (unpaired) electrons. The van der Waals surface area contributed by atoms with E-state index in [-0.39, 0.29) is 0 Å². The van der Waals surface area contributed by atoms with Gasteiger partial charge >= 0.3 is 0 Å². The molecule has 0 unspecified atom stereocenters. The minimum atomic E-state index is 0.612. The van der Waals surface area contributed by atoms with Crippen LogP contribution in [0.4, 0.5) is 0 Å². The van der Waals surface area contributed by atoms with Crippen molar-refractivity contribution in [1.82, 2.24) is 5.32 Å². The highest BCUT2D eigenvalue weighted by atomic mass is 35.5. The number of hydrogen-bond donors (Lipinski definition) is 0. The molecule has 0 spiro atoms. The van der Waals surface area contributed by atoms with Crippen molar-refractivity contribution in [3.63, 3.8) is 0 Å². The van der Waals surface area contributed by atoms with Crippen molar-refractivity contribution in [2.45, 2.75) is 19.8 Å². The number of halogens is 2. The minimum Gasteiger partial charge on any atom is -0.241 e. The summed E-state index contributed by atoms with van der Waals surface area (Å²) >= 11 is 11.7. The van der Waals surface area contributed by atoms with Crippen LogP contribution in [-0.2, 0) is 6.42 Å². The molecule has 3 heteroatoms. The Bertz CT molecular complexity index is 287. The molecule has 0 aliphatic carbocycles. The van der Waals surface area contributed by atoms with Gasteiger partial charge in [-0.2, -0.15) is 0 Å². The molecule has 1 aromatic rings. The highest BCUT2D eigenvalue weighted by Crippen LogP contribution is 2.22. The summed E-state index contributed by atoms with van der Waals surface area (Å²) in [6.45, 7) is 3.94. The molecular weight excluding hydrogens is 217 g/mol. The fraction of sp³-hybridized carbons (Fsp3) is 0.455. The van der Waals surface area contributed by atoms with Gasteiger partial charge in [-0.15, -0.1) is 0 Å². The second-order valence-electron chi connectivity index (χ2n) is 3.17. The van der Waals surface area contributed by atoms with Crippen molar-refractivity contribution >= 4 is 23.2 Å². The van der Waals surface area contributed by atoms with E-state index in [1.54, 1.807) is 0 Å². The number of rotatable bonds is 5. The average Bonchev–Trinajstić information content (AvgIpc) is 2.18. The van der Waals surface area contributed by atoms with Crippen LogP contribution >= 0.6 is 23.2 Å². The molecule has 14 heavy (non-hydrogen) atoms. The standard InChI is InChI=1S/C11H14Cl2N/c1-2-6-14-7-5-9-3-4-10(12)11(13)8-9/h3-4,8H,2,5-7H2,1H3. The zero-order valence-electron chi connectivity index (χ0n) is 8.26. The first kappa shape index (κ1) is 11.8. The summed E-state index contributed by atoms with van der Waals surface area (Å²) in [5.41, 5.74) is 1.19. The molecule has 0 fully saturated rings. The van der Waals surface area contributed by atoms with Gasteiger partial charge in [-0.1, -0.05) is 36.2 Å². The van der Waals surface area contributed by atoms with E-state index in [0.29, 0.717) is 10.0 Å². The van der Waals surface area contributed by atoms with Gasteiger partial charge in [0.1, 0.15) is 0 Å². The summed E-state index contributed by atoms with van der Waals surface area (Å²) in [7, 11) is 0. The topological polar surface area (TPSA) is 14.1 Å². The van der Waals surface area contributed by atoms with E-state index < -0.39 is 0 Å². The molecule has 0 bridgehead atoms. The molecule has 0 amide bonds. The third-order valence-corrected chi connectivity index (χ3v) is 2.66. The van der Waals surface area contributed by atoms with Crippen LogP contribution in [-0.4, -0.2) is 13.1 Å². The Kier molecular flexibility index (Phi) is 5.31. The maximum atomic E-state index is 5.89. The van der Waals surface area contributed by atoms with Crippen LogP contribution in [0.5, 0.6) is 0 Å². The molecule has 0 heterocycles. The second kappa shape index (κ2) is 6.28. The highest BCUT2D eigenvalue weighted by Gasteiger charge is 1.99. The summed E-state index contributed by atoms with van der Waals surface area (Å²) in [6, 6.07) is 5.74. The van der Waals surface area contributed by atoms with Crippen molar-refractivity contribution in [3.8, 4) is 0 Å². The van der Waals surface area contributed by atoms with Crippen molar-refractivity contribution in [3.05, 3.63) is 33.8 Å². The van der Waals surface area contributed by atoms with Crippen LogP contribution in [0.3, 0.4) is 0 Å². The van der Waals surface area contributed by atoms with E-state index in [1.807, 2.05) is 18.2 Å². The van der Waals surface area contributed by atoms with Crippen LogP contribution in [0.1, 0.15) is 18.9 Å². The van der Waals surface area contributed by atoms with E-state index in [9.17, 15) is 0 Å². The Balaban J connectivity index is 2.39. The lowest BCUT2D eigenvalue weighted by atomic mass is 10.1. The second-order valence-corrected chi connectivity index (χ2v) is 3.98. The average molecular weight is 231 g/mol. The molecule has 0 saturated heterocycles. The monoisotopic (exact) mass is 230 g/mol. The Morgan fingerprint density at radius 1 is 1.14 bits per heavy atom. The van der Waals surface area contributed by atoms with Crippen LogP contribution in [0, 0.1) is 0 Å². The molecule has 0 N–H and O–H groups in total. The fourth-order valence-electron chi connectivity index (χ4n) is 1.17. The number of benzene rings is 1. The lowest BCUT2D eigenvalue weighted by molar-refractivity contribution is 0.658. The zero-order chi connectivity index (χ0) is 10.4. The van der Waals surface area contributed by atoms with Crippen molar-refractivity contribution in [1.29, 1.82) is 0 Å². The SMILES string of the molecule is CCC[N]CCc1ccc(Cl)c(Cl)c1. The fourth-order valence-corrected chi connectivity index (χ4v) is 1.49. The van der Waals surface area contributed by atoms with E-state index in [0.717, 1.165) is 25.9 Å². The van der Waals surface area contributed by atoms with Gasteiger partial charge in [-0.05, 0) is 30.5 Å². The molecule has 0 aliphatic heterocycles. The van der Waals surface area contributed by atoms with E-state index >= 15 is 0 Å². The van der Waals surface area contributed by atoms with Gasteiger partial charge in [0.2, 0.25) is 0 Å². The molecule has 0 saturated carbocycles. The van der Waals surface area contributed by atoms with Gasteiger partial charge in [0.25, 0.3) is 0 Å². The molecule has 0 atom stereocenters. The Labute approximate surface area is 95.4 Å². The lowest BCUT2D eigenvalue weighted by Crippen LogP contribution is -2.09. The van der Waals surface area contributed by atoms with E-state index in [1.165, 1.54) is 5.56 Å². The molecule has 0 aliphatic rings. The normalized spacial score (nSPS) is 10.5. The third-order valence-electron chi connectivity index (χ3n) is 1.92. The first-order valence-electron chi connectivity index (χ1n) is 4.81. The van der Waals surface area contributed by atoms with Crippen LogP contribution in [0.15, 0.2) is 18.2 Å². The van der Waals surface area contributed by atoms with Crippen molar-refractivity contribution in [2.24, 2.45) is 0 Å². The molecule has 77 valence electrons. The highest BCUT2D eigenvalue weighted by molar-refractivity contribution is 6.42. The smallest absolute Gasteiger partial charge is 0.0595 e. The van der Waals surface area contributed by atoms with E-state index in [4.69, 9.17) is 23.2 Å². The Morgan fingerprint density at radius 3 is 2.57 bits per heavy atom. The molecule has 1 rings (SSSR count). The summed E-state index contributed by atoms with van der Waals surface area (Å²) in [4.78, 5) is 0. The molecular formula is C11H14Cl2N. The van der Waals surface area contributed by atoms with Crippen LogP contribution < -0.4 is 5.32 Å². The third kappa shape index (κ3) is 3.87. The Hall–Kier alpha value is -0.240. The quantitative estimate of drug-likeness (QED) is 0.688. The number of hydrogen-bond acceptors (Lipinski definition) is 0. The summed E-state index contributed by atoms with van der Waals surface area (Å²) in [5, 5.41) is 5.60. The van der Waals surface area contributed by atoms with Gasteiger partial charge in [0, 0.05) is 13.1 Å². The van der Waals surface area contributed by atoms with Crippen molar-refractivity contribution < 1.29 is 0 Å². The van der Waals surface area contributed by atoms with Crippen LogP contribution in [0.25, 0.3) is 0 Å². The molecule has 1 nitrogen and oxygen atoms in total. The molecule has 1 aromatic carbocycles. The first-order chi connectivity index (χ1) is 6.74. The predicted octanol–water partition coefficient (Wildman–Crippen LogP) is 3.55. The maximum absolute atomic E-state index is 5.89. The number of nitrogens with zero attached hydrogens (tertiary/aromatic N) is 1. The van der Waals surface area contributed by atoms with Gasteiger partial charge < -0.3 is 0 Å². The first-order valence-corrected chi connectivity index (χ1v) is 5.57. The van der Waals surface area contributed by atoms with Gasteiger partial charge in [-0.3, -0.25) is 0 Å². The maximum Gasteiger partial charge on any atom is 0.0595 e. The van der Waals surface area contributed by atoms with E-state index in [2.05, 4.69) is 12.2 Å². The van der Waals surface area contributed by atoms with Gasteiger partial charge in [0.15, 0.2) is 0 Å². The minimum absolute atomic E-state index is 0.612. The van der Waals surface area contributed by atoms with Gasteiger partial charge in [-0.25, -0.2) is 5.32 Å². The van der Waals surface area contributed by atoms with Crippen molar-refractivity contribution in [2.75, 3.05) is 13.1 Å². The van der Waals surface area contributed by atoms with Gasteiger partial charge in [0.05, 0.1) is 10.0 Å². The summed E-state index contributed by atoms with van der Waals surface area (Å²) in [6.07, 6.45) is 2.05. The predicted molar refractivity (Wildman–Crippen MR) is 62.3 cm³/mol. The Morgan fingerprint density at radius 2 is 1.93 bits per heavy atom. The summed E-state index contributed by atoms with van der Waals surface area (Å²) < 4.78 is 0. The summed E-state index contributed by atoms with van der Waals surface area (Å²) in [5.74, 6) is 0. The molecule has 0 aromatic heterocycles. The van der Waals surface area contributed by atoms with Crippen LogP contribution in [0.2, 0.25) is 10.0 Å². The largest absolute Gasteiger partial charge is 0.241 e. The zero-order valence-corrected chi connectivity index (χ0v) is 9.78.